The van der Waals surface area contributed by atoms with Gasteiger partial charge in [0, 0.05) is 19.3 Å². The van der Waals surface area contributed by atoms with Crippen LogP contribution in [-0.2, 0) is 28.6 Å². The minimum absolute atomic E-state index is 0.0635. The fraction of sp³-hybridized carbons (Fsp3) is 0.946. The molecule has 0 fully saturated rings. The maximum atomic E-state index is 12.8. The van der Waals surface area contributed by atoms with Crippen molar-refractivity contribution in [2.45, 2.75) is 317 Å². The number of ether oxygens (including phenoxy) is 3. The zero-order chi connectivity index (χ0) is 45.4. The number of carbonyl (C=O) groups is 3. The summed E-state index contributed by atoms with van der Waals surface area (Å²) in [6, 6.07) is 0. The van der Waals surface area contributed by atoms with Gasteiger partial charge in [-0.15, -0.1) is 0 Å². The third-order valence-corrected chi connectivity index (χ3v) is 13.1. The number of hydrogen-bond acceptors (Lipinski definition) is 6. The van der Waals surface area contributed by atoms with Crippen LogP contribution in [0.4, 0.5) is 0 Å². The molecule has 2 atom stereocenters. The number of carbonyl (C=O) groups excluding carboxylic acids is 3. The predicted octanol–water partition coefficient (Wildman–Crippen LogP) is 18.1. The van der Waals surface area contributed by atoms with Gasteiger partial charge in [-0.3, -0.25) is 14.4 Å². The second-order valence-electron chi connectivity index (χ2n) is 19.9. The van der Waals surface area contributed by atoms with Crippen LogP contribution in [0.5, 0.6) is 0 Å². The molecule has 0 aromatic heterocycles. The van der Waals surface area contributed by atoms with Crippen molar-refractivity contribution >= 4 is 17.9 Å². The van der Waals surface area contributed by atoms with Crippen molar-refractivity contribution in [1.82, 2.24) is 0 Å². The lowest BCUT2D eigenvalue weighted by atomic mass is 9.99. The van der Waals surface area contributed by atoms with Crippen molar-refractivity contribution in [3.8, 4) is 0 Å². The highest BCUT2D eigenvalue weighted by Gasteiger charge is 2.19. The number of hydrogen-bond donors (Lipinski definition) is 0. The van der Waals surface area contributed by atoms with Crippen molar-refractivity contribution in [1.29, 1.82) is 0 Å². The maximum absolute atomic E-state index is 12.8. The first-order valence-electron chi connectivity index (χ1n) is 27.8. The first-order valence-corrected chi connectivity index (χ1v) is 27.8. The van der Waals surface area contributed by atoms with Gasteiger partial charge in [0.25, 0.3) is 0 Å². The molecular formula is C56H108O6. The monoisotopic (exact) mass is 877 g/mol. The Kier molecular flexibility index (Phi) is 47.6. The van der Waals surface area contributed by atoms with Crippen molar-refractivity contribution in [2.75, 3.05) is 13.2 Å². The molecule has 0 bridgehead atoms. The van der Waals surface area contributed by atoms with Crippen molar-refractivity contribution in [3.05, 3.63) is 0 Å². The molecule has 0 N–H and O–H groups in total. The molecule has 368 valence electrons. The van der Waals surface area contributed by atoms with Gasteiger partial charge in [0.15, 0.2) is 6.10 Å². The summed E-state index contributed by atoms with van der Waals surface area (Å²) >= 11 is 0. The third-order valence-electron chi connectivity index (χ3n) is 13.1. The third kappa shape index (κ3) is 47.9. The van der Waals surface area contributed by atoms with E-state index in [1.807, 2.05) is 0 Å². The molecule has 0 saturated carbocycles. The number of unbranched alkanes of at least 4 members (excludes halogenated alkanes) is 34. The second-order valence-corrected chi connectivity index (χ2v) is 19.9. The summed E-state index contributed by atoms with van der Waals surface area (Å²) in [7, 11) is 0. The second kappa shape index (κ2) is 48.9. The van der Waals surface area contributed by atoms with Crippen molar-refractivity contribution in [3.63, 3.8) is 0 Å². The summed E-state index contributed by atoms with van der Waals surface area (Å²) in [5.74, 6) is 0.869. The van der Waals surface area contributed by atoms with Gasteiger partial charge in [-0.25, -0.2) is 0 Å². The van der Waals surface area contributed by atoms with E-state index in [4.69, 9.17) is 14.2 Å². The van der Waals surface area contributed by atoms with E-state index in [0.717, 1.165) is 69.6 Å². The van der Waals surface area contributed by atoms with Gasteiger partial charge in [-0.2, -0.15) is 0 Å². The molecule has 0 aromatic carbocycles. The minimum atomic E-state index is -0.761. The normalized spacial score (nSPS) is 12.5. The molecule has 0 rings (SSSR count). The minimum Gasteiger partial charge on any atom is -0.462 e. The summed E-state index contributed by atoms with van der Waals surface area (Å²) in [6.45, 7) is 11.4. The zero-order valence-electron chi connectivity index (χ0n) is 42.5. The number of rotatable bonds is 50. The highest BCUT2D eigenvalue weighted by molar-refractivity contribution is 5.71. The summed E-state index contributed by atoms with van der Waals surface area (Å²) in [4.78, 5) is 37.9. The smallest absolute Gasteiger partial charge is 0.306 e. The van der Waals surface area contributed by atoms with E-state index in [2.05, 4.69) is 34.6 Å². The highest BCUT2D eigenvalue weighted by atomic mass is 16.6. The molecule has 0 heterocycles. The predicted molar refractivity (Wildman–Crippen MR) is 266 cm³/mol. The molecule has 0 aromatic rings. The van der Waals surface area contributed by atoms with Crippen LogP contribution in [-0.4, -0.2) is 37.2 Å². The van der Waals surface area contributed by atoms with Gasteiger partial charge in [-0.1, -0.05) is 272 Å². The lowest BCUT2D eigenvalue weighted by Gasteiger charge is -2.18. The Morgan fingerprint density at radius 1 is 0.339 bits per heavy atom. The van der Waals surface area contributed by atoms with Crippen LogP contribution >= 0.6 is 0 Å². The molecule has 6 heteroatoms. The molecule has 0 aliphatic heterocycles. The summed E-state index contributed by atoms with van der Waals surface area (Å²) in [5.41, 5.74) is 0. The average Bonchev–Trinajstić information content (AvgIpc) is 3.26. The quantitative estimate of drug-likeness (QED) is 0.0344. The highest BCUT2D eigenvalue weighted by Crippen LogP contribution is 2.18. The Balaban J connectivity index is 4.17. The van der Waals surface area contributed by atoms with Crippen LogP contribution < -0.4 is 0 Å². The van der Waals surface area contributed by atoms with E-state index in [1.54, 1.807) is 0 Å². The largest absolute Gasteiger partial charge is 0.462 e. The van der Waals surface area contributed by atoms with Gasteiger partial charge in [-0.05, 0) is 31.1 Å². The van der Waals surface area contributed by atoms with Gasteiger partial charge in [0.1, 0.15) is 13.2 Å². The van der Waals surface area contributed by atoms with Crippen LogP contribution in [0.2, 0.25) is 0 Å². The Bertz CT molecular complexity index is 949. The van der Waals surface area contributed by atoms with Crippen LogP contribution in [0.15, 0.2) is 0 Å². The Morgan fingerprint density at radius 2 is 0.613 bits per heavy atom. The van der Waals surface area contributed by atoms with Crippen LogP contribution in [0.3, 0.4) is 0 Å². The van der Waals surface area contributed by atoms with E-state index in [0.29, 0.717) is 19.3 Å². The molecule has 6 nitrogen and oxygen atoms in total. The Hall–Kier alpha value is -1.59. The lowest BCUT2D eigenvalue weighted by Crippen LogP contribution is -2.30. The van der Waals surface area contributed by atoms with Gasteiger partial charge in [0.2, 0.25) is 0 Å². The molecular weight excluding hydrogens is 769 g/mol. The summed E-state index contributed by atoms with van der Waals surface area (Å²) in [6.07, 6.45) is 51.0. The topological polar surface area (TPSA) is 78.9 Å². The van der Waals surface area contributed by atoms with Gasteiger partial charge in [0.05, 0.1) is 0 Å². The van der Waals surface area contributed by atoms with Gasteiger partial charge < -0.3 is 14.2 Å². The van der Waals surface area contributed by atoms with E-state index < -0.39 is 6.10 Å². The Labute approximate surface area is 387 Å². The van der Waals surface area contributed by atoms with Crippen LogP contribution in [0, 0.1) is 11.8 Å². The standard InChI is InChI=1S/C56H108O6/c1-6-8-9-10-11-12-26-31-36-41-46-54(57)60-49-53(62-56(59)48-43-38-33-28-23-24-29-34-39-44-51(3)4)50-61-55(58)47-42-37-32-27-22-20-18-16-14-13-15-17-19-21-25-30-35-40-45-52(5)7-2/h51-53H,6-50H2,1-5H3/t52?,53-/m0/s1. The van der Waals surface area contributed by atoms with Crippen molar-refractivity contribution in [2.24, 2.45) is 11.8 Å². The molecule has 62 heavy (non-hydrogen) atoms. The molecule has 0 spiro atoms. The first-order chi connectivity index (χ1) is 30.3. The molecule has 1 unspecified atom stereocenters. The van der Waals surface area contributed by atoms with Gasteiger partial charge >= 0.3 is 17.9 Å². The fourth-order valence-corrected chi connectivity index (χ4v) is 8.49. The maximum Gasteiger partial charge on any atom is 0.306 e. The average molecular weight is 877 g/mol. The summed E-state index contributed by atoms with van der Waals surface area (Å²) < 4.78 is 16.8. The Morgan fingerprint density at radius 3 is 0.919 bits per heavy atom. The van der Waals surface area contributed by atoms with E-state index in [1.165, 1.54) is 199 Å². The fourth-order valence-electron chi connectivity index (χ4n) is 8.49. The SMILES string of the molecule is CCCCCCCCCCCCC(=O)OC[C@@H](COC(=O)CCCCCCCCCCCCCCCCCCCCC(C)CC)OC(=O)CCCCCCCCCCCC(C)C. The lowest BCUT2D eigenvalue weighted by molar-refractivity contribution is -0.167. The molecule has 0 aliphatic rings. The summed E-state index contributed by atoms with van der Waals surface area (Å²) in [5, 5.41) is 0. The van der Waals surface area contributed by atoms with E-state index in [9.17, 15) is 14.4 Å². The molecule has 0 amide bonds. The van der Waals surface area contributed by atoms with E-state index >= 15 is 0 Å². The molecule has 0 saturated heterocycles. The van der Waals surface area contributed by atoms with Crippen LogP contribution in [0.1, 0.15) is 311 Å². The first kappa shape index (κ1) is 60.4. The van der Waals surface area contributed by atoms with Crippen molar-refractivity contribution < 1.29 is 28.6 Å². The zero-order valence-corrected chi connectivity index (χ0v) is 42.5. The molecule has 0 radical (unpaired) electrons. The van der Waals surface area contributed by atoms with Crippen LogP contribution in [0.25, 0.3) is 0 Å². The number of esters is 3. The van der Waals surface area contributed by atoms with E-state index in [-0.39, 0.29) is 31.1 Å². The molecule has 0 aliphatic carbocycles.